The Hall–Kier alpha value is -3.20. The van der Waals surface area contributed by atoms with Gasteiger partial charge in [-0.2, -0.15) is 0 Å². The third kappa shape index (κ3) is 6.32. The number of carbonyl (C=O) groups is 2. The zero-order chi connectivity index (χ0) is 25.5. The van der Waals surface area contributed by atoms with Crippen molar-refractivity contribution in [1.29, 1.82) is 0 Å². The van der Waals surface area contributed by atoms with E-state index in [9.17, 15) is 9.59 Å². The molecule has 8 nitrogen and oxygen atoms in total. The van der Waals surface area contributed by atoms with Crippen molar-refractivity contribution in [2.45, 2.75) is 46.0 Å². The minimum atomic E-state index is -0.488. The molecule has 0 aromatic heterocycles. The van der Waals surface area contributed by atoms with Crippen LogP contribution in [0.2, 0.25) is 0 Å². The molecule has 0 radical (unpaired) electrons. The van der Waals surface area contributed by atoms with Crippen LogP contribution in [0.1, 0.15) is 44.6 Å². The van der Waals surface area contributed by atoms with E-state index < -0.39 is 5.92 Å². The topological polar surface area (TPSA) is 83.5 Å². The highest BCUT2D eigenvalue weighted by atomic mass is 32.1. The first kappa shape index (κ1) is 25.9. The van der Waals surface area contributed by atoms with Crippen LogP contribution in [0, 0.1) is 12.8 Å². The number of anilines is 1. The number of aryl methyl sites for hydroxylation is 1. The molecule has 1 aromatic carbocycles. The summed E-state index contributed by atoms with van der Waals surface area (Å²) in [6.45, 7) is 7.40. The number of amides is 2. The van der Waals surface area contributed by atoms with E-state index in [1.54, 1.807) is 17.1 Å². The summed E-state index contributed by atoms with van der Waals surface area (Å²) < 4.78 is 10.8. The van der Waals surface area contributed by atoms with E-state index in [1.165, 1.54) is 11.3 Å². The number of benzene rings is 1. The lowest BCUT2D eigenvalue weighted by Crippen LogP contribution is -2.46. The zero-order valence-electron chi connectivity index (χ0n) is 21.0. The molecule has 1 aromatic rings. The minimum Gasteiger partial charge on any atom is -0.454 e. The summed E-state index contributed by atoms with van der Waals surface area (Å²) in [6, 6.07) is 8.49. The SMILES string of the molecule is CCN(CCCNC(=O)CCCCCN1C(=O)C2C=C3OCOC3=CC2=NC1=S)c1cccc(C)c1. The third-order valence-corrected chi connectivity index (χ3v) is 6.85. The lowest BCUT2D eigenvalue weighted by Gasteiger charge is -2.30. The van der Waals surface area contributed by atoms with Crippen LogP contribution in [0.5, 0.6) is 0 Å². The number of hydrogen-bond donors (Lipinski definition) is 1. The van der Waals surface area contributed by atoms with Gasteiger partial charge in [0.1, 0.15) is 5.92 Å². The average Bonchev–Trinajstić information content (AvgIpc) is 3.32. The van der Waals surface area contributed by atoms with E-state index in [0.717, 1.165) is 38.8 Å². The molecule has 0 saturated carbocycles. The number of thiocarbonyl (C=S) groups is 1. The van der Waals surface area contributed by atoms with Crippen molar-refractivity contribution < 1.29 is 19.1 Å². The Balaban J connectivity index is 1.12. The molecule has 9 heteroatoms. The molecule has 1 aliphatic carbocycles. The summed E-state index contributed by atoms with van der Waals surface area (Å²) in [5.74, 6) is 0.679. The Labute approximate surface area is 218 Å². The van der Waals surface area contributed by atoms with Gasteiger partial charge in [0.05, 0.1) is 5.71 Å². The molecule has 2 heterocycles. The fraction of sp³-hybridized carbons (Fsp3) is 0.481. The summed E-state index contributed by atoms with van der Waals surface area (Å²) in [5.41, 5.74) is 3.07. The highest BCUT2D eigenvalue weighted by Gasteiger charge is 2.38. The number of allylic oxidation sites excluding steroid dienone is 1. The van der Waals surface area contributed by atoms with Gasteiger partial charge in [-0.3, -0.25) is 14.5 Å². The van der Waals surface area contributed by atoms with E-state index in [0.29, 0.717) is 36.7 Å². The Morgan fingerprint density at radius 3 is 2.86 bits per heavy atom. The van der Waals surface area contributed by atoms with E-state index in [1.807, 2.05) is 0 Å². The Morgan fingerprint density at radius 2 is 2.06 bits per heavy atom. The average molecular weight is 511 g/mol. The first-order valence-corrected chi connectivity index (χ1v) is 13.1. The number of nitrogens with zero attached hydrogens (tertiary/aromatic N) is 3. The summed E-state index contributed by atoms with van der Waals surface area (Å²) in [7, 11) is 0. The quantitative estimate of drug-likeness (QED) is 0.340. The Kier molecular flexibility index (Phi) is 8.74. The molecule has 1 saturated heterocycles. The van der Waals surface area contributed by atoms with Crippen LogP contribution in [0.3, 0.4) is 0 Å². The molecule has 0 bridgehead atoms. The lowest BCUT2D eigenvalue weighted by atomic mass is 9.93. The molecular formula is C27H34N4O4S. The molecular weight excluding hydrogens is 476 g/mol. The number of fused-ring (bicyclic) bond motifs is 2. The van der Waals surface area contributed by atoms with Gasteiger partial charge in [0.25, 0.3) is 0 Å². The van der Waals surface area contributed by atoms with Crippen LogP contribution in [-0.4, -0.2) is 60.5 Å². The maximum absolute atomic E-state index is 13.0. The van der Waals surface area contributed by atoms with Gasteiger partial charge in [0.2, 0.25) is 23.7 Å². The van der Waals surface area contributed by atoms with Crippen LogP contribution in [0.4, 0.5) is 5.69 Å². The number of carbonyl (C=O) groups excluding carboxylic acids is 2. The Bertz CT molecular complexity index is 1100. The number of aliphatic imine (C=N–C) groups is 1. The number of nitrogens with one attached hydrogen (secondary N) is 1. The van der Waals surface area contributed by atoms with Crippen LogP contribution in [0.15, 0.2) is 52.9 Å². The van der Waals surface area contributed by atoms with Crippen LogP contribution in [-0.2, 0) is 19.1 Å². The molecule has 1 unspecified atom stereocenters. The van der Waals surface area contributed by atoms with Gasteiger partial charge in [-0.25, -0.2) is 4.99 Å². The highest BCUT2D eigenvalue weighted by Crippen LogP contribution is 2.31. The summed E-state index contributed by atoms with van der Waals surface area (Å²) >= 11 is 5.36. The first-order valence-electron chi connectivity index (χ1n) is 12.7. The van der Waals surface area contributed by atoms with E-state index in [2.05, 4.69) is 53.3 Å². The van der Waals surface area contributed by atoms with Gasteiger partial charge in [-0.15, -0.1) is 0 Å². The summed E-state index contributed by atoms with van der Waals surface area (Å²) in [4.78, 5) is 33.5. The minimum absolute atomic E-state index is 0.0719. The van der Waals surface area contributed by atoms with Crippen molar-refractivity contribution in [1.82, 2.24) is 10.2 Å². The maximum Gasteiger partial charge on any atom is 0.241 e. The predicted molar refractivity (Wildman–Crippen MR) is 144 cm³/mol. The fourth-order valence-corrected chi connectivity index (χ4v) is 4.84. The number of rotatable bonds is 12. The maximum atomic E-state index is 13.0. The number of ether oxygens (including phenoxy) is 2. The molecule has 1 fully saturated rings. The van der Waals surface area contributed by atoms with Crippen LogP contribution >= 0.6 is 12.2 Å². The number of unbranched alkanes of at least 4 members (excludes halogenated alkanes) is 2. The standard InChI is InChI=1S/C27H34N4O4S/c1-3-30(20-10-7-9-19(2)15-20)13-8-12-28-25(32)11-5-4-6-14-31-26(33)21-16-23-24(35-18-34-23)17-22(21)29-27(31)36/h7,9-10,15-17,21H,3-6,8,11-14,18H2,1-2H3,(H,28,32). The van der Waals surface area contributed by atoms with Crippen molar-refractivity contribution in [3.8, 4) is 0 Å². The normalized spacial score (nSPS) is 18.3. The van der Waals surface area contributed by atoms with Gasteiger partial charge in [0, 0.05) is 44.4 Å². The molecule has 2 amide bonds. The fourth-order valence-electron chi connectivity index (χ4n) is 4.55. The molecule has 1 atom stereocenters. The molecule has 36 heavy (non-hydrogen) atoms. The zero-order valence-corrected chi connectivity index (χ0v) is 21.8. The van der Waals surface area contributed by atoms with Crippen molar-refractivity contribution in [3.63, 3.8) is 0 Å². The van der Waals surface area contributed by atoms with E-state index in [-0.39, 0.29) is 23.7 Å². The third-order valence-electron chi connectivity index (χ3n) is 6.54. The molecule has 0 spiro atoms. The predicted octanol–water partition coefficient (Wildman–Crippen LogP) is 3.86. The highest BCUT2D eigenvalue weighted by molar-refractivity contribution is 7.80. The van der Waals surface area contributed by atoms with Crippen molar-refractivity contribution in [2.24, 2.45) is 10.9 Å². The second-order valence-electron chi connectivity index (χ2n) is 9.17. The molecule has 3 aliphatic rings. The van der Waals surface area contributed by atoms with Gasteiger partial charge < -0.3 is 19.7 Å². The van der Waals surface area contributed by atoms with Gasteiger partial charge in [-0.1, -0.05) is 18.6 Å². The van der Waals surface area contributed by atoms with Crippen molar-refractivity contribution in [2.75, 3.05) is 37.9 Å². The van der Waals surface area contributed by atoms with E-state index >= 15 is 0 Å². The van der Waals surface area contributed by atoms with Crippen molar-refractivity contribution >= 4 is 40.5 Å². The second-order valence-corrected chi connectivity index (χ2v) is 9.53. The molecule has 192 valence electrons. The number of hydrogen-bond acceptors (Lipinski definition) is 6. The summed E-state index contributed by atoms with van der Waals surface area (Å²) in [6.07, 6.45) is 7.23. The molecule has 2 aliphatic heterocycles. The van der Waals surface area contributed by atoms with Crippen LogP contribution < -0.4 is 10.2 Å². The monoisotopic (exact) mass is 510 g/mol. The first-order chi connectivity index (χ1) is 17.5. The van der Waals surface area contributed by atoms with Crippen molar-refractivity contribution in [3.05, 3.63) is 53.5 Å². The molecule has 1 N–H and O–H groups in total. The lowest BCUT2D eigenvalue weighted by molar-refractivity contribution is -0.128. The van der Waals surface area contributed by atoms with Gasteiger partial charge in [0.15, 0.2) is 11.5 Å². The van der Waals surface area contributed by atoms with E-state index in [4.69, 9.17) is 21.7 Å². The second kappa shape index (κ2) is 12.2. The van der Waals surface area contributed by atoms with Crippen LogP contribution in [0.25, 0.3) is 0 Å². The molecule has 4 rings (SSSR count). The largest absolute Gasteiger partial charge is 0.454 e. The smallest absolute Gasteiger partial charge is 0.241 e. The van der Waals surface area contributed by atoms with Gasteiger partial charge >= 0.3 is 0 Å². The van der Waals surface area contributed by atoms with Gasteiger partial charge in [-0.05, 0) is 69.1 Å². The summed E-state index contributed by atoms with van der Waals surface area (Å²) in [5, 5.41) is 3.31. The Morgan fingerprint density at radius 1 is 1.22 bits per heavy atom.